The lowest BCUT2D eigenvalue weighted by Crippen LogP contribution is -2.23. The SMILES string of the molecule is CCS(=O)(=O)CCNCc1ccc(/C(N)=N/O)cc1. The summed E-state index contributed by atoms with van der Waals surface area (Å²) in [5, 5.41) is 14.5. The van der Waals surface area contributed by atoms with E-state index in [1.807, 2.05) is 12.1 Å². The quantitative estimate of drug-likeness (QED) is 0.220. The van der Waals surface area contributed by atoms with Crippen molar-refractivity contribution in [3.63, 3.8) is 0 Å². The second-order valence-corrected chi connectivity index (χ2v) is 6.57. The van der Waals surface area contributed by atoms with Crippen LogP contribution < -0.4 is 11.1 Å². The molecule has 0 spiro atoms. The summed E-state index contributed by atoms with van der Waals surface area (Å²) in [6.45, 7) is 2.65. The minimum absolute atomic E-state index is 0.0635. The highest BCUT2D eigenvalue weighted by atomic mass is 32.2. The minimum atomic E-state index is -2.92. The largest absolute Gasteiger partial charge is 0.409 e. The van der Waals surface area contributed by atoms with Crippen molar-refractivity contribution < 1.29 is 13.6 Å². The van der Waals surface area contributed by atoms with Gasteiger partial charge in [0.05, 0.1) is 5.75 Å². The molecule has 0 unspecified atom stereocenters. The third kappa shape index (κ3) is 5.27. The van der Waals surface area contributed by atoms with Crippen molar-refractivity contribution in [1.82, 2.24) is 5.32 Å². The number of hydrogen-bond acceptors (Lipinski definition) is 5. The van der Waals surface area contributed by atoms with Crippen LogP contribution in [0.1, 0.15) is 18.1 Å². The molecule has 0 atom stereocenters. The van der Waals surface area contributed by atoms with E-state index in [1.165, 1.54) is 0 Å². The molecule has 1 aromatic rings. The fourth-order valence-electron chi connectivity index (χ4n) is 1.46. The number of nitrogens with zero attached hydrogens (tertiary/aromatic N) is 1. The summed E-state index contributed by atoms with van der Waals surface area (Å²) in [5.74, 6) is 0.378. The maximum atomic E-state index is 11.3. The monoisotopic (exact) mass is 285 g/mol. The summed E-state index contributed by atoms with van der Waals surface area (Å²) < 4.78 is 22.5. The van der Waals surface area contributed by atoms with Crippen LogP contribution in [0.2, 0.25) is 0 Å². The molecule has 0 heterocycles. The fraction of sp³-hybridized carbons (Fsp3) is 0.417. The van der Waals surface area contributed by atoms with Crippen LogP contribution in [0, 0.1) is 0 Å². The molecule has 0 aliphatic carbocycles. The van der Waals surface area contributed by atoms with Crippen LogP contribution in [0.15, 0.2) is 29.4 Å². The molecule has 7 heteroatoms. The van der Waals surface area contributed by atoms with Gasteiger partial charge in [0, 0.05) is 24.4 Å². The molecule has 1 rings (SSSR count). The number of amidine groups is 1. The third-order valence-corrected chi connectivity index (χ3v) is 4.42. The van der Waals surface area contributed by atoms with Crippen molar-refractivity contribution in [2.75, 3.05) is 18.1 Å². The standard InChI is InChI=1S/C12H19N3O3S/c1-2-19(17,18)8-7-14-9-10-3-5-11(6-4-10)12(13)15-16/h3-6,14,16H,2,7-9H2,1H3,(H2,13,15). The van der Waals surface area contributed by atoms with Gasteiger partial charge in [-0.1, -0.05) is 36.3 Å². The molecule has 0 radical (unpaired) electrons. The fourth-order valence-corrected chi connectivity index (χ4v) is 2.20. The van der Waals surface area contributed by atoms with Crippen molar-refractivity contribution in [3.05, 3.63) is 35.4 Å². The Morgan fingerprint density at radius 2 is 2.00 bits per heavy atom. The predicted molar refractivity (Wildman–Crippen MR) is 75.0 cm³/mol. The molecule has 0 aromatic heterocycles. The molecule has 0 saturated heterocycles. The number of hydrogen-bond donors (Lipinski definition) is 3. The molecule has 106 valence electrons. The van der Waals surface area contributed by atoms with Gasteiger partial charge in [-0.15, -0.1) is 0 Å². The van der Waals surface area contributed by atoms with Gasteiger partial charge in [-0.3, -0.25) is 0 Å². The molecular weight excluding hydrogens is 266 g/mol. The molecule has 4 N–H and O–H groups in total. The summed E-state index contributed by atoms with van der Waals surface area (Å²) in [6.07, 6.45) is 0. The van der Waals surface area contributed by atoms with Crippen molar-refractivity contribution in [3.8, 4) is 0 Å². The first kappa shape index (κ1) is 15.5. The van der Waals surface area contributed by atoms with Crippen LogP contribution in [0.3, 0.4) is 0 Å². The zero-order valence-corrected chi connectivity index (χ0v) is 11.7. The number of nitrogens with two attached hydrogens (primary N) is 1. The highest BCUT2D eigenvalue weighted by Crippen LogP contribution is 2.04. The number of sulfone groups is 1. The predicted octanol–water partition coefficient (Wildman–Crippen LogP) is 0.305. The average Bonchev–Trinajstić information content (AvgIpc) is 2.43. The van der Waals surface area contributed by atoms with E-state index < -0.39 is 9.84 Å². The zero-order valence-electron chi connectivity index (χ0n) is 10.8. The highest BCUT2D eigenvalue weighted by molar-refractivity contribution is 7.91. The number of benzene rings is 1. The molecule has 0 aliphatic rings. The third-order valence-electron chi connectivity index (χ3n) is 2.72. The molecule has 0 amide bonds. The second kappa shape index (κ2) is 7.10. The molecule has 0 bridgehead atoms. The van der Waals surface area contributed by atoms with Gasteiger partial charge >= 0.3 is 0 Å². The van der Waals surface area contributed by atoms with E-state index in [0.29, 0.717) is 18.7 Å². The maximum absolute atomic E-state index is 11.3. The Balaban J connectivity index is 2.43. The minimum Gasteiger partial charge on any atom is -0.409 e. The molecule has 19 heavy (non-hydrogen) atoms. The first-order valence-electron chi connectivity index (χ1n) is 5.96. The lowest BCUT2D eigenvalue weighted by molar-refractivity contribution is 0.318. The number of nitrogens with one attached hydrogen (secondary N) is 1. The van der Waals surface area contributed by atoms with Gasteiger partial charge in [-0.05, 0) is 5.56 Å². The van der Waals surface area contributed by atoms with Crippen molar-refractivity contribution >= 4 is 15.7 Å². The highest BCUT2D eigenvalue weighted by Gasteiger charge is 2.06. The first-order chi connectivity index (χ1) is 8.98. The van der Waals surface area contributed by atoms with Crippen molar-refractivity contribution in [2.45, 2.75) is 13.5 Å². The Kier molecular flexibility index (Phi) is 5.78. The maximum Gasteiger partial charge on any atom is 0.170 e. The van der Waals surface area contributed by atoms with Gasteiger partial charge in [0.1, 0.15) is 0 Å². The average molecular weight is 285 g/mol. The van der Waals surface area contributed by atoms with Crippen LogP contribution in [0.4, 0.5) is 0 Å². The Morgan fingerprint density at radius 1 is 1.37 bits per heavy atom. The zero-order chi connectivity index (χ0) is 14.3. The van der Waals surface area contributed by atoms with E-state index in [2.05, 4.69) is 10.5 Å². The van der Waals surface area contributed by atoms with Gasteiger partial charge in [0.2, 0.25) is 0 Å². The molecule has 0 saturated carbocycles. The normalized spacial score (nSPS) is 12.6. The van der Waals surface area contributed by atoms with E-state index in [1.54, 1.807) is 19.1 Å². The Hall–Kier alpha value is -1.60. The summed E-state index contributed by atoms with van der Waals surface area (Å²) in [7, 11) is -2.92. The summed E-state index contributed by atoms with van der Waals surface area (Å²) in [6, 6.07) is 7.17. The van der Waals surface area contributed by atoms with E-state index in [9.17, 15) is 8.42 Å². The topological polar surface area (TPSA) is 105 Å². The summed E-state index contributed by atoms with van der Waals surface area (Å²) in [5.41, 5.74) is 7.09. The van der Waals surface area contributed by atoms with Crippen molar-refractivity contribution in [2.24, 2.45) is 10.9 Å². The molecule has 1 aromatic carbocycles. The lowest BCUT2D eigenvalue weighted by Gasteiger charge is -2.06. The molecular formula is C12H19N3O3S. The second-order valence-electron chi connectivity index (χ2n) is 4.10. The van der Waals surface area contributed by atoms with Gasteiger partial charge in [0.15, 0.2) is 15.7 Å². The van der Waals surface area contributed by atoms with Gasteiger partial charge in [0.25, 0.3) is 0 Å². The van der Waals surface area contributed by atoms with Gasteiger partial charge in [-0.25, -0.2) is 8.42 Å². The van der Waals surface area contributed by atoms with Gasteiger partial charge in [-0.2, -0.15) is 0 Å². The van der Waals surface area contributed by atoms with Crippen LogP contribution in [-0.2, 0) is 16.4 Å². The van der Waals surface area contributed by atoms with Crippen LogP contribution in [0.25, 0.3) is 0 Å². The van der Waals surface area contributed by atoms with Crippen LogP contribution >= 0.6 is 0 Å². The smallest absolute Gasteiger partial charge is 0.170 e. The molecule has 0 fully saturated rings. The van der Waals surface area contributed by atoms with Crippen molar-refractivity contribution in [1.29, 1.82) is 0 Å². The van der Waals surface area contributed by atoms with E-state index in [4.69, 9.17) is 10.9 Å². The summed E-state index contributed by atoms with van der Waals surface area (Å²) >= 11 is 0. The van der Waals surface area contributed by atoms with Crippen LogP contribution in [-0.4, -0.2) is 37.5 Å². The molecule has 0 aliphatic heterocycles. The van der Waals surface area contributed by atoms with E-state index >= 15 is 0 Å². The molecule has 6 nitrogen and oxygen atoms in total. The van der Waals surface area contributed by atoms with Crippen LogP contribution in [0.5, 0.6) is 0 Å². The number of rotatable bonds is 7. The van der Waals surface area contributed by atoms with E-state index in [0.717, 1.165) is 5.56 Å². The Morgan fingerprint density at radius 3 is 2.53 bits per heavy atom. The Bertz CT molecular complexity index is 524. The first-order valence-corrected chi connectivity index (χ1v) is 7.78. The summed E-state index contributed by atoms with van der Waals surface area (Å²) in [4.78, 5) is 0. The number of oxime groups is 1. The lowest BCUT2D eigenvalue weighted by atomic mass is 10.1. The van der Waals surface area contributed by atoms with Gasteiger partial charge < -0.3 is 16.3 Å². The Labute approximate surface area is 113 Å². The van der Waals surface area contributed by atoms with E-state index in [-0.39, 0.29) is 17.3 Å².